The van der Waals surface area contributed by atoms with Gasteiger partial charge in [0.1, 0.15) is 17.9 Å². The first-order valence-corrected chi connectivity index (χ1v) is 14.8. The summed E-state index contributed by atoms with van der Waals surface area (Å²) in [6.45, 7) is 5.20. The Hall–Kier alpha value is -3.10. The van der Waals surface area contributed by atoms with Crippen LogP contribution in [0.5, 0.6) is 0 Å². The van der Waals surface area contributed by atoms with Crippen LogP contribution in [0, 0.1) is 12.7 Å². The first kappa shape index (κ1) is 37.7. The number of piperazine rings is 1. The lowest BCUT2D eigenvalue weighted by atomic mass is 9.77. The molecular formula is C30H37F7N4O7. The minimum absolute atomic E-state index is 0.0442. The number of halogens is 7. The Labute approximate surface area is 270 Å². The molecule has 0 spiro atoms. The molecule has 4 rings (SSSR count). The van der Waals surface area contributed by atoms with Crippen LogP contribution in [-0.2, 0) is 12.4 Å². The molecule has 2 heterocycles. The quantitative estimate of drug-likeness (QED) is 0.204. The van der Waals surface area contributed by atoms with Gasteiger partial charge in [-0.2, -0.15) is 26.3 Å². The van der Waals surface area contributed by atoms with Crippen LogP contribution in [0.1, 0.15) is 53.7 Å². The van der Waals surface area contributed by atoms with Crippen molar-refractivity contribution in [1.29, 1.82) is 0 Å². The molecule has 48 heavy (non-hydrogen) atoms. The molecule has 2 fully saturated rings. The van der Waals surface area contributed by atoms with E-state index in [-0.39, 0.29) is 48.3 Å². The van der Waals surface area contributed by atoms with Gasteiger partial charge in [0.25, 0.3) is 5.79 Å². The van der Waals surface area contributed by atoms with Gasteiger partial charge in [-0.05, 0) is 67.4 Å². The number of urea groups is 1. The monoisotopic (exact) mass is 698 g/mol. The summed E-state index contributed by atoms with van der Waals surface area (Å²) in [6.07, 6.45) is -10.5. The molecule has 268 valence electrons. The second kappa shape index (κ2) is 12.7. The van der Waals surface area contributed by atoms with Gasteiger partial charge in [-0.15, -0.1) is 0 Å². The van der Waals surface area contributed by atoms with Gasteiger partial charge < -0.3 is 40.4 Å². The van der Waals surface area contributed by atoms with E-state index in [2.05, 4.69) is 0 Å². The van der Waals surface area contributed by atoms with Gasteiger partial charge in [0.05, 0.1) is 17.2 Å². The van der Waals surface area contributed by atoms with Gasteiger partial charge in [-0.1, -0.05) is 13.0 Å². The van der Waals surface area contributed by atoms with Gasteiger partial charge >= 0.3 is 24.3 Å². The molecule has 0 bridgehead atoms. The van der Waals surface area contributed by atoms with E-state index in [0.717, 1.165) is 37.1 Å². The molecule has 0 aromatic heterocycles. The fraction of sp³-hybridized carbons (Fsp3) is 0.567. The molecule has 2 aromatic rings. The molecule has 0 radical (unpaired) electrons. The normalized spacial score (nSPS) is 24.0. The van der Waals surface area contributed by atoms with E-state index in [9.17, 15) is 66.2 Å². The van der Waals surface area contributed by atoms with E-state index in [4.69, 9.17) is 0 Å². The third-order valence-electron chi connectivity index (χ3n) is 9.20. The Balaban J connectivity index is 1.87. The minimum atomic E-state index is -5.24. The Bertz CT molecular complexity index is 1480. The van der Waals surface area contributed by atoms with Crippen molar-refractivity contribution in [3.8, 4) is 0 Å². The number of piperidine rings is 1. The van der Waals surface area contributed by atoms with Crippen LogP contribution in [0.2, 0.25) is 0 Å². The predicted molar refractivity (Wildman–Crippen MR) is 153 cm³/mol. The average Bonchev–Trinajstić information content (AvgIpc) is 2.97. The van der Waals surface area contributed by atoms with E-state index >= 15 is 0 Å². The van der Waals surface area contributed by atoms with E-state index in [1.165, 1.54) is 6.92 Å². The number of nitrogens with zero attached hydrogens (tertiary/aromatic N) is 4. The van der Waals surface area contributed by atoms with Gasteiger partial charge in [-0.3, -0.25) is 9.80 Å². The number of carbonyl (C=O) groups is 1. The van der Waals surface area contributed by atoms with Gasteiger partial charge in [0.2, 0.25) is 5.79 Å². The second-order valence-electron chi connectivity index (χ2n) is 12.2. The molecule has 2 aromatic carbocycles. The number of carbonyl (C=O) groups excluding carboxylic acids is 1. The maximum Gasteiger partial charge on any atom is 0.416 e. The zero-order chi connectivity index (χ0) is 36.4. The van der Waals surface area contributed by atoms with Crippen molar-refractivity contribution in [2.75, 3.05) is 39.8 Å². The van der Waals surface area contributed by atoms with Crippen molar-refractivity contribution in [1.82, 2.24) is 19.6 Å². The van der Waals surface area contributed by atoms with Crippen molar-refractivity contribution in [2.24, 2.45) is 0 Å². The van der Waals surface area contributed by atoms with Crippen molar-refractivity contribution in [3.05, 3.63) is 70.0 Å². The van der Waals surface area contributed by atoms with Crippen LogP contribution in [-0.4, -0.2) is 120 Å². The number of hydrogen-bond acceptors (Lipinski definition) is 9. The third-order valence-corrected chi connectivity index (χ3v) is 9.20. The summed E-state index contributed by atoms with van der Waals surface area (Å²) < 4.78 is 95.7. The number of benzene rings is 2. The molecule has 11 nitrogen and oxygen atoms in total. The van der Waals surface area contributed by atoms with Gasteiger partial charge in [0.15, 0.2) is 0 Å². The third kappa shape index (κ3) is 6.59. The Morgan fingerprint density at radius 3 is 1.90 bits per heavy atom. The van der Waals surface area contributed by atoms with Crippen LogP contribution >= 0.6 is 0 Å². The number of alkyl halides is 6. The number of amides is 2. The number of rotatable bonds is 5. The van der Waals surface area contributed by atoms with Crippen LogP contribution < -0.4 is 0 Å². The number of aryl methyl sites for hydroxylation is 1. The molecule has 2 aliphatic heterocycles. The summed E-state index contributed by atoms with van der Waals surface area (Å²) in [5.41, 5.74) is -4.48. The highest BCUT2D eigenvalue weighted by atomic mass is 19.4. The summed E-state index contributed by atoms with van der Waals surface area (Å²) in [5.74, 6) is -12.3. The molecule has 0 saturated carbocycles. The molecular weight excluding hydrogens is 661 g/mol. The molecule has 2 aliphatic rings. The fourth-order valence-electron chi connectivity index (χ4n) is 6.37. The fourth-order valence-corrected chi connectivity index (χ4v) is 6.37. The number of aliphatic hydroxyl groups is 6. The maximum absolute atomic E-state index is 14.2. The van der Waals surface area contributed by atoms with Crippen LogP contribution in [0.3, 0.4) is 0 Å². The number of likely N-dealkylation sites (tertiary alicyclic amines) is 1. The summed E-state index contributed by atoms with van der Waals surface area (Å²) in [6, 6.07) is -4.75. The van der Waals surface area contributed by atoms with E-state index in [1.807, 2.05) is 11.8 Å². The molecule has 2 amide bonds. The molecule has 0 aliphatic carbocycles. The van der Waals surface area contributed by atoms with Crippen molar-refractivity contribution >= 4 is 6.03 Å². The van der Waals surface area contributed by atoms with E-state index in [0.29, 0.717) is 23.6 Å². The minimum Gasteiger partial charge on any atom is -0.362 e. The van der Waals surface area contributed by atoms with E-state index < -0.39 is 76.5 Å². The second-order valence-corrected chi connectivity index (χ2v) is 12.2. The topological polar surface area (TPSA) is 151 Å². The van der Waals surface area contributed by atoms with Crippen molar-refractivity contribution < 1.29 is 66.2 Å². The maximum atomic E-state index is 14.2. The lowest BCUT2D eigenvalue weighted by molar-refractivity contribution is -0.482. The van der Waals surface area contributed by atoms with Crippen LogP contribution in [0.4, 0.5) is 35.5 Å². The molecule has 18 heteroatoms. The van der Waals surface area contributed by atoms with Crippen LogP contribution in [0.15, 0.2) is 36.4 Å². The molecule has 2 saturated heterocycles. The zero-order valence-corrected chi connectivity index (χ0v) is 26.3. The SMILES string of the molecule is CCN1CCN(C2C(O)(O)C(c3ccc(F)cc3C)N(C(=O)N(C)C(C)c3cc(C(F)(F)F)cc(C(F)(F)F)c3)C(O)(O)C2(O)O)CC1. The number of hydrogen-bond donors (Lipinski definition) is 6. The largest absolute Gasteiger partial charge is 0.416 e. The summed E-state index contributed by atoms with van der Waals surface area (Å²) in [7, 11) is 0.855. The average molecular weight is 699 g/mol. The van der Waals surface area contributed by atoms with Crippen molar-refractivity contribution in [2.45, 2.75) is 68.7 Å². The summed E-state index contributed by atoms with van der Waals surface area (Å²) in [5, 5.41) is 69.1. The Kier molecular flexibility index (Phi) is 9.94. The van der Waals surface area contributed by atoms with Crippen molar-refractivity contribution in [3.63, 3.8) is 0 Å². The Morgan fingerprint density at radius 1 is 0.917 bits per heavy atom. The van der Waals surface area contributed by atoms with Gasteiger partial charge in [0, 0.05) is 33.2 Å². The number of likely N-dealkylation sites (N-methyl/N-ethyl adjacent to an activating group) is 1. The highest BCUT2D eigenvalue weighted by Gasteiger charge is 2.74. The molecule has 3 atom stereocenters. The highest BCUT2D eigenvalue weighted by molar-refractivity contribution is 5.77. The lowest BCUT2D eigenvalue weighted by Crippen LogP contribution is -2.85. The smallest absolute Gasteiger partial charge is 0.362 e. The van der Waals surface area contributed by atoms with E-state index in [1.54, 1.807) is 0 Å². The summed E-state index contributed by atoms with van der Waals surface area (Å²) in [4.78, 5) is 17.5. The standard InChI is InChI=1S/C30H37F7N4O7/c1-5-39-8-10-40(11-9-39)24-26(43,44)23(22-7-6-21(31)12-16(22)2)41(30(47,48)27(24,45)46)25(42)38(4)17(3)18-13-19(28(32,33)34)15-20(14-18)29(35,36)37/h6-7,12-15,17,23-24,43-48H,5,8-11H2,1-4H3. The predicted octanol–water partition coefficient (Wildman–Crippen LogP) is 2.35. The molecule has 6 N–H and O–H groups in total. The zero-order valence-electron chi connectivity index (χ0n) is 26.3. The van der Waals surface area contributed by atoms with Gasteiger partial charge in [-0.25, -0.2) is 9.18 Å². The first-order valence-electron chi connectivity index (χ1n) is 14.8. The lowest BCUT2D eigenvalue weighted by Gasteiger charge is -2.61. The van der Waals surface area contributed by atoms with Crippen LogP contribution in [0.25, 0.3) is 0 Å². The molecule has 3 unspecified atom stereocenters. The Morgan fingerprint density at radius 2 is 1.44 bits per heavy atom. The first-order chi connectivity index (χ1) is 21.9. The summed E-state index contributed by atoms with van der Waals surface area (Å²) >= 11 is 0. The highest BCUT2D eigenvalue weighted by Crippen LogP contribution is 2.51.